The lowest BCUT2D eigenvalue weighted by molar-refractivity contribution is 0.0593. The smallest absolute Gasteiger partial charge is 0.357 e. The highest BCUT2D eigenvalue weighted by Gasteiger charge is 2.16. The molecule has 2 rings (SSSR count). The Balaban J connectivity index is 2.56. The van der Waals surface area contributed by atoms with Gasteiger partial charge >= 0.3 is 5.97 Å². The van der Waals surface area contributed by atoms with E-state index in [-0.39, 0.29) is 5.69 Å². The second kappa shape index (κ2) is 5.55. The number of carbonyl (C=O) groups excluding carboxylic acids is 1. The minimum atomic E-state index is -0.499. The maximum atomic E-state index is 11.6. The van der Waals surface area contributed by atoms with E-state index >= 15 is 0 Å². The fourth-order valence-corrected chi connectivity index (χ4v) is 1.99. The minimum absolute atomic E-state index is 0.235. The zero-order valence-electron chi connectivity index (χ0n) is 10.3. The first-order valence-corrected chi connectivity index (χ1v) is 6.15. The van der Waals surface area contributed by atoms with E-state index in [2.05, 4.69) is 14.7 Å². The maximum absolute atomic E-state index is 11.6. The van der Waals surface area contributed by atoms with Crippen molar-refractivity contribution in [2.75, 3.05) is 7.11 Å². The number of hydrogen-bond acceptors (Lipinski definition) is 4. The van der Waals surface area contributed by atoms with Crippen LogP contribution in [0.25, 0.3) is 11.3 Å². The summed E-state index contributed by atoms with van der Waals surface area (Å²) in [6.45, 7) is 1.75. The van der Waals surface area contributed by atoms with Crippen molar-refractivity contribution in [1.29, 1.82) is 0 Å². The number of halogens is 2. The standard InChI is InChI=1S/C13H10Cl2N2O2/c1-7-11(8-3-4-9(14)10(15)5-8)16-6-17-12(7)13(18)19-2/h3-6H,1-2H3. The molecule has 0 bridgehead atoms. The normalized spacial score (nSPS) is 10.3. The van der Waals surface area contributed by atoms with Crippen molar-refractivity contribution in [2.45, 2.75) is 6.92 Å². The molecule has 6 heteroatoms. The SMILES string of the molecule is COC(=O)c1ncnc(-c2ccc(Cl)c(Cl)c2)c1C. The summed E-state index contributed by atoms with van der Waals surface area (Å²) in [5.41, 5.74) is 2.25. The number of methoxy groups -OCH3 is 1. The first-order chi connectivity index (χ1) is 9.04. The molecule has 0 N–H and O–H groups in total. The van der Waals surface area contributed by atoms with Crippen LogP contribution in [0.5, 0.6) is 0 Å². The first-order valence-electron chi connectivity index (χ1n) is 5.40. The molecular formula is C13H10Cl2N2O2. The molecule has 0 unspecified atom stereocenters. The third-order valence-electron chi connectivity index (χ3n) is 2.66. The number of benzene rings is 1. The van der Waals surface area contributed by atoms with Crippen LogP contribution < -0.4 is 0 Å². The monoisotopic (exact) mass is 296 g/mol. The summed E-state index contributed by atoms with van der Waals surface area (Å²) in [6.07, 6.45) is 1.32. The number of nitrogens with zero attached hydrogens (tertiary/aromatic N) is 2. The molecule has 0 aliphatic heterocycles. The Morgan fingerprint density at radius 3 is 2.58 bits per heavy atom. The Bertz CT molecular complexity index is 645. The Morgan fingerprint density at radius 1 is 1.21 bits per heavy atom. The number of rotatable bonds is 2. The van der Waals surface area contributed by atoms with Gasteiger partial charge in [-0.1, -0.05) is 29.3 Å². The molecule has 19 heavy (non-hydrogen) atoms. The van der Waals surface area contributed by atoms with E-state index in [1.165, 1.54) is 13.4 Å². The Hall–Kier alpha value is -1.65. The molecule has 2 aromatic rings. The molecular weight excluding hydrogens is 287 g/mol. The molecule has 98 valence electrons. The number of hydrogen-bond donors (Lipinski definition) is 0. The summed E-state index contributed by atoms with van der Waals surface area (Å²) >= 11 is 11.9. The summed E-state index contributed by atoms with van der Waals surface area (Å²) in [4.78, 5) is 19.7. The summed E-state index contributed by atoms with van der Waals surface area (Å²) in [5, 5.41) is 0.891. The molecule has 0 aliphatic carbocycles. The second-order valence-corrected chi connectivity index (χ2v) is 4.63. The van der Waals surface area contributed by atoms with Crippen LogP contribution >= 0.6 is 23.2 Å². The summed E-state index contributed by atoms with van der Waals surface area (Å²) in [7, 11) is 1.31. The van der Waals surface area contributed by atoms with Gasteiger partial charge in [-0.15, -0.1) is 0 Å². The van der Waals surface area contributed by atoms with E-state index in [4.69, 9.17) is 23.2 Å². The predicted molar refractivity (Wildman–Crippen MR) is 73.6 cm³/mol. The van der Waals surface area contributed by atoms with Gasteiger partial charge in [0.1, 0.15) is 6.33 Å². The average molecular weight is 297 g/mol. The average Bonchev–Trinajstić information content (AvgIpc) is 2.41. The number of esters is 1. The molecule has 0 saturated carbocycles. The van der Waals surface area contributed by atoms with Gasteiger partial charge in [-0.05, 0) is 19.1 Å². The highest BCUT2D eigenvalue weighted by Crippen LogP contribution is 2.29. The van der Waals surface area contributed by atoms with Crippen molar-refractivity contribution in [3.8, 4) is 11.3 Å². The van der Waals surface area contributed by atoms with Gasteiger partial charge in [-0.25, -0.2) is 14.8 Å². The van der Waals surface area contributed by atoms with Gasteiger partial charge in [0, 0.05) is 11.1 Å². The van der Waals surface area contributed by atoms with Gasteiger partial charge in [-0.2, -0.15) is 0 Å². The van der Waals surface area contributed by atoms with Crippen molar-refractivity contribution < 1.29 is 9.53 Å². The summed E-state index contributed by atoms with van der Waals surface area (Å²) in [6, 6.07) is 5.16. The molecule has 1 heterocycles. The van der Waals surface area contributed by atoms with E-state index in [1.807, 2.05) is 0 Å². The minimum Gasteiger partial charge on any atom is -0.464 e. The van der Waals surface area contributed by atoms with Crippen molar-refractivity contribution >= 4 is 29.2 Å². The van der Waals surface area contributed by atoms with Gasteiger partial charge in [-0.3, -0.25) is 0 Å². The quantitative estimate of drug-likeness (QED) is 0.795. The summed E-state index contributed by atoms with van der Waals surface area (Å²) < 4.78 is 4.67. The highest BCUT2D eigenvalue weighted by molar-refractivity contribution is 6.42. The zero-order valence-corrected chi connectivity index (χ0v) is 11.8. The molecule has 1 aromatic carbocycles. The first kappa shape index (κ1) is 13.8. The Morgan fingerprint density at radius 2 is 1.95 bits per heavy atom. The molecule has 1 aromatic heterocycles. The topological polar surface area (TPSA) is 52.1 Å². The van der Waals surface area contributed by atoms with Crippen LogP contribution in [0.3, 0.4) is 0 Å². The third-order valence-corrected chi connectivity index (χ3v) is 3.39. The van der Waals surface area contributed by atoms with Crippen molar-refractivity contribution in [3.05, 3.63) is 45.8 Å². The Kier molecular flexibility index (Phi) is 4.02. The van der Waals surface area contributed by atoms with Crippen LogP contribution in [0.1, 0.15) is 16.1 Å². The van der Waals surface area contributed by atoms with Crippen LogP contribution in [-0.2, 0) is 4.74 Å². The lowest BCUT2D eigenvalue weighted by atomic mass is 10.1. The molecule has 0 fully saturated rings. The van der Waals surface area contributed by atoms with E-state index < -0.39 is 5.97 Å². The van der Waals surface area contributed by atoms with Crippen molar-refractivity contribution in [1.82, 2.24) is 9.97 Å². The van der Waals surface area contributed by atoms with Gasteiger partial charge in [0.25, 0.3) is 0 Å². The molecule has 0 saturated heterocycles. The van der Waals surface area contributed by atoms with Gasteiger partial charge < -0.3 is 4.74 Å². The number of carbonyl (C=O) groups is 1. The van der Waals surface area contributed by atoms with E-state index in [0.717, 1.165) is 5.56 Å². The Labute approximate surface area is 120 Å². The fourth-order valence-electron chi connectivity index (χ4n) is 1.69. The van der Waals surface area contributed by atoms with Crippen LogP contribution in [0.2, 0.25) is 10.0 Å². The predicted octanol–water partition coefficient (Wildman–Crippen LogP) is 3.55. The largest absolute Gasteiger partial charge is 0.464 e. The van der Waals surface area contributed by atoms with Crippen molar-refractivity contribution in [3.63, 3.8) is 0 Å². The van der Waals surface area contributed by atoms with Crippen molar-refractivity contribution in [2.24, 2.45) is 0 Å². The molecule has 0 aliphatic rings. The van der Waals surface area contributed by atoms with Gasteiger partial charge in [0.05, 0.1) is 22.8 Å². The van der Waals surface area contributed by atoms with Gasteiger partial charge in [0.2, 0.25) is 0 Å². The van der Waals surface area contributed by atoms with Gasteiger partial charge in [0.15, 0.2) is 5.69 Å². The molecule has 0 radical (unpaired) electrons. The molecule has 0 amide bonds. The number of ether oxygens (including phenoxy) is 1. The number of aromatic nitrogens is 2. The van der Waals surface area contributed by atoms with E-state index in [1.54, 1.807) is 25.1 Å². The lowest BCUT2D eigenvalue weighted by Gasteiger charge is -2.08. The molecule has 4 nitrogen and oxygen atoms in total. The van der Waals surface area contributed by atoms with E-state index in [9.17, 15) is 4.79 Å². The molecule has 0 atom stereocenters. The van der Waals surface area contributed by atoms with E-state index in [0.29, 0.717) is 21.3 Å². The third kappa shape index (κ3) is 2.69. The zero-order chi connectivity index (χ0) is 14.0. The fraction of sp³-hybridized carbons (Fsp3) is 0.154. The molecule has 0 spiro atoms. The maximum Gasteiger partial charge on any atom is 0.357 e. The highest BCUT2D eigenvalue weighted by atomic mass is 35.5. The second-order valence-electron chi connectivity index (χ2n) is 3.82. The van der Waals surface area contributed by atoms with Crippen LogP contribution in [0.4, 0.5) is 0 Å². The van der Waals surface area contributed by atoms with Crippen LogP contribution in [0, 0.1) is 6.92 Å². The van der Waals surface area contributed by atoms with Crippen LogP contribution in [-0.4, -0.2) is 23.0 Å². The lowest BCUT2D eigenvalue weighted by Crippen LogP contribution is -2.08. The summed E-state index contributed by atoms with van der Waals surface area (Å²) in [5.74, 6) is -0.499. The van der Waals surface area contributed by atoms with Crippen LogP contribution in [0.15, 0.2) is 24.5 Å².